The number of hydrogen-bond donors (Lipinski definition) is 0. The maximum atomic E-state index is 13.9. The fourth-order valence-electron chi connectivity index (χ4n) is 2.30. The van der Waals surface area contributed by atoms with Crippen molar-refractivity contribution in [2.45, 2.75) is 32.7 Å². The smallest absolute Gasteiger partial charge is 0.315 e. The summed E-state index contributed by atoms with van der Waals surface area (Å²) < 4.78 is 29.0. The van der Waals surface area contributed by atoms with Crippen LogP contribution in [0, 0.1) is 6.92 Å². The van der Waals surface area contributed by atoms with Crippen molar-refractivity contribution in [1.82, 2.24) is 19.6 Å². The van der Waals surface area contributed by atoms with Crippen LogP contribution in [-0.4, -0.2) is 63.8 Å². The van der Waals surface area contributed by atoms with Gasteiger partial charge in [0.25, 0.3) is 5.92 Å². The average molecular weight is 286 g/mol. The summed E-state index contributed by atoms with van der Waals surface area (Å²) in [5.74, 6) is -2.90. The fraction of sp³-hybridized carbons (Fsp3) is 0.692. The second kappa shape index (κ2) is 5.47. The molecule has 1 fully saturated rings. The normalized spacial score (nSPS) is 20.2. The SMILES string of the molecule is Cc1cnn(C(=O)N2CCN(C(C)C)CC(F)(F)C2)c1. The molecule has 1 amide bonds. The van der Waals surface area contributed by atoms with Gasteiger partial charge >= 0.3 is 6.03 Å². The summed E-state index contributed by atoms with van der Waals surface area (Å²) in [6.07, 6.45) is 3.08. The van der Waals surface area contributed by atoms with Crippen LogP contribution in [0.4, 0.5) is 13.6 Å². The van der Waals surface area contributed by atoms with E-state index in [-0.39, 0.29) is 19.1 Å². The van der Waals surface area contributed by atoms with Crippen LogP contribution in [0.3, 0.4) is 0 Å². The Morgan fingerprint density at radius 3 is 2.60 bits per heavy atom. The summed E-state index contributed by atoms with van der Waals surface area (Å²) in [6.45, 7) is 5.41. The van der Waals surface area contributed by atoms with Crippen molar-refractivity contribution < 1.29 is 13.6 Å². The maximum Gasteiger partial charge on any atom is 0.344 e. The molecule has 1 aliphatic heterocycles. The molecule has 1 aliphatic rings. The van der Waals surface area contributed by atoms with E-state index in [1.807, 2.05) is 13.8 Å². The van der Waals surface area contributed by atoms with E-state index in [0.29, 0.717) is 6.54 Å². The Morgan fingerprint density at radius 1 is 1.35 bits per heavy atom. The highest BCUT2D eigenvalue weighted by molar-refractivity contribution is 5.76. The third-order valence-corrected chi connectivity index (χ3v) is 3.42. The summed E-state index contributed by atoms with van der Waals surface area (Å²) in [4.78, 5) is 15.1. The minimum atomic E-state index is -2.90. The van der Waals surface area contributed by atoms with Gasteiger partial charge in [-0.3, -0.25) is 4.90 Å². The first-order valence-corrected chi connectivity index (χ1v) is 6.71. The first-order valence-electron chi connectivity index (χ1n) is 6.71. The van der Waals surface area contributed by atoms with Gasteiger partial charge in [0.1, 0.15) is 0 Å². The Morgan fingerprint density at radius 2 is 2.05 bits per heavy atom. The third kappa shape index (κ3) is 3.33. The highest BCUT2D eigenvalue weighted by Crippen LogP contribution is 2.22. The zero-order chi connectivity index (χ0) is 14.9. The summed E-state index contributed by atoms with van der Waals surface area (Å²) in [7, 11) is 0. The van der Waals surface area contributed by atoms with Gasteiger partial charge in [0.15, 0.2) is 0 Å². The van der Waals surface area contributed by atoms with E-state index >= 15 is 0 Å². The van der Waals surface area contributed by atoms with Gasteiger partial charge in [0.05, 0.1) is 19.3 Å². The lowest BCUT2D eigenvalue weighted by Gasteiger charge is -2.26. The molecule has 0 unspecified atom stereocenters. The molecular formula is C13H20F2N4O. The van der Waals surface area contributed by atoms with Gasteiger partial charge in [-0.05, 0) is 26.3 Å². The first-order chi connectivity index (χ1) is 9.28. The summed E-state index contributed by atoms with van der Waals surface area (Å²) in [6, 6.07) is -0.466. The van der Waals surface area contributed by atoms with Crippen LogP contribution in [0.1, 0.15) is 19.4 Å². The molecular weight excluding hydrogens is 266 g/mol. The predicted octanol–water partition coefficient (Wildman–Crippen LogP) is 1.82. The number of aryl methyl sites for hydroxylation is 1. The van der Waals surface area contributed by atoms with Crippen LogP contribution in [0.2, 0.25) is 0 Å². The van der Waals surface area contributed by atoms with Crippen LogP contribution >= 0.6 is 0 Å². The van der Waals surface area contributed by atoms with Gasteiger partial charge in [0, 0.05) is 25.3 Å². The lowest BCUT2D eigenvalue weighted by Crippen LogP contribution is -2.44. The Hall–Kier alpha value is -1.50. The number of carbonyl (C=O) groups excluding carboxylic acids is 1. The van der Waals surface area contributed by atoms with Crippen molar-refractivity contribution in [3.63, 3.8) is 0 Å². The zero-order valence-electron chi connectivity index (χ0n) is 12.0. The molecule has 0 aliphatic carbocycles. The lowest BCUT2D eigenvalue weighted by atomic mass is 10.2. The van der Waals surface area contributed by atoms with E-state index < -0.39 is 18.5 Å². The Balaban J connectivity index is 2.14. The first kappa shape index (κ1) is 14.9. The minimum Gasteiger partial charge on any atom is -0.315 e. The van der Waals surface area contributed by atoms with Crippen LogP contribution in [-0.2, 0) is 0 Å². The van der Waals surface area contributed by atoms with E-state index in [4.69, 9.17) is 0 Å². The minimum absolute atomic E-state index is 0.0304. The van der Waals surface area contributed by atoms with Crippen LogP contribution < -0.4 is 0 Å². The molecule has 0 radical (unpaired) electrons. The molecule has 1 aromatic heterocycles. The van der Waals surface area contributed by atoms with Gasteiger partial charge in [-0.25, -0.2) is 13.6 Å². The molecule has 0 saturated carbocycles. The van der Waals surface area contributed by atoms with E-state index in [1.165, 1.54) is 11.1 Å². The molecule has 112 valence electrons. The van der Waals surface area contributed by atoms with Gasteiger partial charge in [0.2, 0.25) is 0 Å². The zero-order valence-corrected chi connectivity index (χ0v) is 12.0. The fourth-order valence-corrected chi connectivity index (χ4v) is 2.30. The Labute approximate surface area is 117 Å². The molecule has 1 saturated heterocycles. The molecule has 0 bridgehead atoms. The van der Waals surface area contributed by atoms with Gasteiger partial charge < -0.3 is 4.90 Å². The highest BCUT2D eigenvalue weighted by Gasteiger charge is 2.39. The molecule has 20 heavy (non-hydrogen) atoms. The van der Waals surface area contributed by atoms with E-state index in [0.717, 1.165) is 10.2 Å². The largest absolute Gasteiger partial charge is 0.344 e. The van der Waals surface area contributed by atoms with E-state index in [9.17, 15) is 13.6 Å². The van der Waals surface area contributed by atoms with E-state index in [2.05, 4.69) is 5.10 Å². The molecule has 5 nitrogen and oxygen atoms in total. The number of aromatic nitrogens is 2. The second-order valence-electron chi connectivity index (χ2n) is 5.59. The van der Waals surface area contributed by atoms with Gasteiger partial charge in [-0.1, -0.05) is 0 Å². The molecule has 0 aromatic carbocycles. The number of amides is 1. The maximum absolute atomic E-state index is 13.9. The third-order valence-electron chi connectivity index (χ3n) is 3.42. The summed E-state index contributed by atoms with van der Waals surface area (Å²) in [5, 5.41) is 3.89. The Bertz CT molecular complexity index is 486. The van der Waals surface area contributed by atoms with Crippen molar-refractivity contribution in [3.8, 4) is 0 Å². The highest BCUT2D eigenvalue weighted by atomic mass is 19.3. The lowest BCUT2D eigenvalue weighted by molar-refractivity contribution is -0.0370. The van der Waals surface area contributed by atoms with Crippen molar-refractivity contribution in [1.29, 1.82) is 0 Å². The number of alkyl halides is 2. The quantitative estimate of drug-likeness (QED) is 0.791. The van der Waals surface area contributed by atoms with Crippen molar-refractivity contribution in [3.05, 3.63) is 18.0 Å². The number of carbonyl (C=O) groups is 1. The summed E-state index contributed by atoms with van der Waals surface area (Å²) >= 11 is 0. The number of nitrogens with zero attached hydrogens (tertiary/aromatic N) is 4. The van der Waals surface area contributed by atoms with E-state index in [1.54, 1.807) is 18.0 Å². The monoisotopic (exact) mass is 286 g/mol. The predicted molar refractivity (Wildman–Crippen MR) is 71.0 cm³/mol. The molecule has 0 atom stereocenters. The number of hydrogen-bond acceptors (Lipinski definition) is 3. The molecule has 1 aromatic rings. The summed E-state index contributed by atoms with van der Waals surface area (Å²) in [5.41, 5.74) is 0.823. The van der Waals surface area contributed by atoms with Crippen molar-refractivity contribution >= 4 is 6.03 Å². The van der Waals surface area contributed by atoms with Crippen LogP contribution in [0.15, 0.2) is 12.4 Å². The van der Waals surface area contributed by atoms with Crippen molar-refractivity contribution in [2.24, 2.45) is 0 Å². The average Bonchev–Trinajstić information content (AvgIpc) is 2.70. The van der Waals surface area contributed by atoms with Gasteiger partial charge in [-0.15, -0.1) is 0 Å². The second-order valence-corrected chi connectivity index (χ2v) is 5.59. The molecule has 0 spiro atoms. The Kier molecular flexibility index (Phi) is 4.08. The molecule has 2 rings (SSSR count). The van der Waals surface area contributed by atoms with Crippen LogP contribution in [0.5, 0.6) is 0 Å². The van der Waals surface area contributed by atoms with Crippen LogP contribution in [0.25, 0.3) is 0 Å². The van der Waals surface area contributed by atoms with Crippen molar-refractivity contribution in [2.75, 3.05) is 26.2 Å². The number of halogens is 2. The standard InChI is InChI=1S/C13H20F2N4O/c1-10(2)17-4-5-18(9-13(14,15)8-17)12(20)19-7-11(3)6-16-19/h6-7,10H,4-5,8-9H2,1-3H3. The topological polar surface area (TPSA) is 41.4 Å². The molecule has 7 heteroatoms. The molecule has 2 heterocycles. The number of rotatable bonds is 1. The molecule has 0 N–H and O–H groups in total. The van der Waals surface area contributed by atoms with Gasteiger partial charge in [-0.2, -0.15) is 9.78 Å².